The van der Waals surface area contributed by atoms with Gasteiger partial charge in [-0.15, -0.1) is 0 Å². The lowest BCUT2D eigenvalue weighted by Crippen LogP contribution is -2.42. The van der Waals surface area contributed by atoms with Crippen LogP contribution in [0.5, 0.6) is 0 Å². The Balaban J connectivity index is 1.42. The molecule has 0 N–H and O–H groups in total. The lowest BCUT2D eigenvalue weighted by atomic mass is 9.94. The van der Waals surface area contributed by atoms with E-state index in [1.807, 2.05) is 39.1 Å². The number of aromatic nitrogens is 3. The van der Waals surface area contributed by atoms with E-state index < -0.39 is 5.60 Å². The molecular formula is C28H34N4O2. The maximum atomic E-state index is 12.6. The summed E-state index contributed by atoms with van der Waals surface area (Å²) in [4.78, 5) is 28.9. The van der Waals surface area contributed by atoms with Gasteiger partial charge in [-0.05, 0) is 95.0 Å². The zero-order valence-corrected chi connectivity index (χ0v) is 20.9. The molecule has 2 aliphatic rings. The Morgan fingerprint density at radius 2 is 1.76 bits per heavy atom. The number of nitrogens with zero attached hydrogens (tertiary/aromatic N) is 4. The van der Waals surface area contributed by atoms with Crippen LogP contribution in [0.25, 0.3) is 22.4 Å². The molecule has 1 amide bonds. The van der Waals surface area contributed by atoms with Crippen LogP contribution in [0.4, 0.5) is 4.79 Å². The van der Waals surface area contributed by atoms with Crippen molar-refractivity contribution in [3.8, 4) is 11.3 Å². The third-order valence-electron chi connectivity index (χ3n) is 6.78. The molecule has 3 aromatic rings. The molecule has 6 heteroatoms. The minimum absolute atomic E-state index is 0.130. The topological polar surface area (TPSA) is 68.2 Å². The molecule has 34 heavy (non-hydrogen) atoms. The first-order valence-electron chi connectivity index (χ1n) is 12.4. The van der Waals surface area contributed by atoms with Crippen molar-refractivity contribution in [1.29, 1.82) is 0 Å². The van der Waals surface area contributed by atoms with Gasteiger partial charge in [-0.2, -0.15) is 0 Å². The van der Waals surface area contributed by atoms with Crippen molar-refractivity contribution in [2.75, 3.05) is 13.1 Å². The number of ether oxygens (including phenoxy) is 1. The highest BCUT2D eigenvalue weighted by Gasteiger charge is 2.29. The molecule has 2 fully saturated rings. The molecule has 0 bridgehead atoms. The summed E-state index contributed by atoms with van der Waals surface area (Å²) < 4.78 is 5.58. The van der Waals surface area contributed by atoms with Gasteiger partial charge in [-0.3, -0.25) is 4.98 Å². The number of hydrogen-bond donors (Lipinski definition) is 0. The van der Waals surface area contributed by atoms with Gasteiger partial charge in [0.25, 0.3) is 0 Å². The largest absolute Gasteiger partial charge is 0.444 e. The summed E-state index contributed by atoms with van der Waals surface area (Å²) in [5.41, 5.74) is 7.95. The van der Waals surface area contributed by atoms with Crippen molar-refractivity contribution in [3.05, 3.63) is 52.8 Å². The third kappa shape index (κ3) is 4.77. The Kier molecular flexibility index (Phi) is 5.78. The van der Waals surface area contributed by atoms with E-state index in [4.69, 9.17) is 14.7 Å². The van der Waals surface area contributed by atoms with Crippen LogP contribution in [0.15, 0.2) is 30.5 Å². The Hall–Kier alpha value is -3.02. The van der Waals surface area contributed by atoms with Gasteiger partial charge in [0.15, 0.2) is 5.65 Å². The summed E-state index contributed by atoms with van der Waals surface area (Å²) in [7, 11) is 0. The molecule has 1 aliphatic heterocycles. The minimum Gasteiger partial charge on any atom is -0.444 e. The van der Waals surface area contributed by atoms with Gasteiger partial charge in [-0.1, -0.05) is 12.1 Å². The average molecular weight is 459 g/mol. The number of benzene rings is 1. The summed E-state index contributed by atoms with van der Waals surface area (Å²) in [6, 6.07) is 8.70. The summed E-state index contributed by atoms with van der Waals surface area (Å²) in [6.07, 6.45) is 6.08. The van der Waals surface area contributed by atoms with Crippen molar-refractivity contribution < 1.29 is 9.53 Å². The number of pyridine rings is 1. The molecule has 6 nitrogen and oxygen atoms in total. The molecule has 1 aliphatic carbocycles. The highest BCUT2D eigenvalue weighted by Crippen LogP contribution is 2.42. The van der Waals surface area contributed by atoms with Crippen LogP contribution in [0.3, 0.4) is 0 Å². The molecule has 3 heterocycles. The second kappa shape index (κ2) is 8.64. The first-order chi connectivity index (χ1) is 16.2. The van der Waals surface area contributed by atoms with Crippen LogP contribution in [0.1, 0.15) is 80.7 Å². The van der Waals surface area contributed by atoms with E-state index in [1.165, 1.54) is 35.1 Å². The fourth-order valence-electron chi connectivity index (χ4n) is 5.01. The molecule has 1 saturated heterocycles. The van der Waals surface area contributed by atoms with Gasteiger partial charge in [0, 0.05) is 30.8 Å². The van der Waals surface area contributed by atoms with Gasteiger partial charge in [0.2, 0.25) is 0 Å². The number of carbonyl (C=O) groups excluding carboxylic acids is 1. The molecule has 2 aromatic heterocycles. The second-order valence-corrected chi connectivity index (χ2v) is 10.9. The average Bonchev–Trinajstić information content (AvgIpc) is 3.63. The van der Waals surface area contributed by atoms with E-state index in [0.717, 1.165) is 35.7 Å². The first kappa shape index (κ1) is 22.8. The zero-order chi connectivity index (χ0) is 24.0. The number of fused-ring (bicyclic) bond motifs is 1. The highest BCUT2D eigenvalue weighted by molar-refractivity contribution is 5.77. The van der Waals surface area contributed by atoms with Gasteiger partial charge in [-0.25, -0.2) is 14.8 Å². The maximum absolute atomic E-state index is 12.6. The number of carbonyl (C=O) groups is 1. The lowest BCUT2D eigenvalue weighted by Gasteiger charge is -2.33. The number of hydrogen-bond acceptors (Lipinski definition) is 5. The van der Waals surface area contributed by atoms with Crippen molar-refractivity contribution in [2.24, 2.45) is 0 Å². The van der Waals surface area contributed by atoms with Gasteiger partial charge in [0.1, 0.15) is 11.1 Å². The van der Waals surface area contributed by atoms with Crippen LogP contribution in [0, 0.1) is 13.8 Å². The van der Waals surface area contributed by atoms with E-state index in [0.29, 0.717) is 18.7 Å². The summed E-state index contributed by atoms with van der Waals surface area (Å²) in [6.45, 7) is 11.3. The van der Waals surface area contributed by atoms with E-state index in [2.05, 4.69) is 31.0 Å². The van der Waals surface area contributed by atoms with Crippen LogP contribution >= 0.6 is 0 Å². The SMILES string of the molecule is Cc1cc(C2CC2)cc(C)c1-c1ccc2ncc([C@@H]3CCCN(C(=O)OC(C)(C)C)C3)nc2n1. The first-order valence-corrected chi connectivity index (χ1v) is 12.4. The Bertz CT molecular complexity index is 1220. The van der Waals surface area contributed by atoms with Gasteiger partial charge < -0.3 is 9.64 Å². The Labute approximate surface area is 201 Å². The third-order valence-corrected chi connectivity index (χ3v) is 6.78. The van der Waals surface area contributed by atoms with E-state index in [9.17, 15) is 4.79 Å². The standard InChI is InChI=1S/C28H34N4O2/c1-17-13-21(19-8-9-19)14-18(2)25(17)22-10-11-23-26(30-22)31-24(15-29-23)20-7-6-12-32(16-20)27(33)34-28(3,4)5/h10-11,13-15,19-20H,6-9,12,16H2,1-5H3/t20-/m1/s1. The smallest absolute Gasteiger partial charge is 0.410 e. The molecular weight excluding hydrogens is 424 g/mol. The van der Waals surface area contributed by atoms with Gasteiger partial charge >= 0.3 is 6.09 Å². The van der Waals surface area contributed by atoms with Crippen LogP contribution in [0.2, 0.25) is 0 Å². The van der Waals surface area contributed by atoms with Gasteiger partial charge in [0.05, 0.1) is 11.4 Å². The van der Waals surface area contributed by atoms with Crippen LogP contribution < -0.4 is 0 Å². The fraction of sp³-hybridized carbons (Fsp3) is 0.500. The number of amides is 1. The van der Waals surface area contributed by atoms with E-state index in [1.54, 1.807) is 4.90 Å². The summed E-state index contributed by atoms with van der Waals surface area (Å²) in [5, 5.41) is 0. The highest BCUT2D eigenvalue weighted by atomic mass is 16.6. The number of piperidine rings is 1. The maximum Gasteiger partial charge on any atom is 0.410 e. The van der Waals surface area contributed by atoms with E-state index in [-0.39, 0.29) is 12.0 Å². The molecule has 1 saturated carbocycles. The van der Waals surface area contributed by atoms with Crippen LogP contribution in [-0.4, -0.2) is 44.6 Å². The molecule has 0 spiro atoms. The van der Waals surface area contributed by atoms with Crippen LogP contribution in [-0.2, 0) is 4.74 Å². The number of rotatable bonds is 3. The molecule has 5 rings (SSSR count). The lowest BCUT2D eigenvalue weighted by molar-refractivity contribution is 0.0197. The van der Waals surface area contributed by atoms with Crippen molar-refractivity contribution >= 4 is 17.3 Å². The molecule has 1 aromatic carbocycles. The second-order valence-electron chi connectivity index (χ2n) is 10.9. The fourth-order valence-corrected chi connectivity index (χ4v) is 5.01. The predicted octanol–water partition coefficient (Wildman–Crippen LogP) is 6.30. The minimum atomic E-state index is -0.500. The molecule has 0 unspecified atom stereocenters. The summed E-state index contributed by atoms with van der Waals surface area (Å²) in [5.74, 6) is 0.866. The molecule has 1 atom stereocenters. The number of aryl methyl sites for hydroxylation is 2. The monoisotopic (exact) mass is 458 g/mol. The van der Waals surface area contributed by atoms with Crippen molar-refractivity contribution in [2.45, 2.75) is 77.7 Å². The normalized spacial score (nSPS) is 18.9. The summed E-state index contributed by atoms with van der Waals surface area (Å²) >= 11 is 0. The Morgan fingerprint density at radius 3 is 2.44 bits per heavy atom. The number of likely N-dealkylation sites (tertiary alicyclic amines) is 1. The van der Waals surface area contributed by atoms with Crippen molar-refractivity contribution in [3.63, 3.8) is 0 Å². The molecule has 178 valence electrons. The molecule has 0 radical (unpaired) electrons. The predicted molar refractivity (Wildman–Crippen MR) is 134 cm³/mol. The quantitative estimate of drug-likeness (QED) is 0.461. The van der Waals surface area contributed by atoms with Crippen molar-refractivity contribution in [1.82, 2.24) is 19.9 Å². The van der Waals surface area contributed by atoms with E-state index >= 15 is 0 Å². The Morgan fingerprint density at radius 1 is 1.03 bits per heavy atom. The zero-order valence-electron chi connectivity index (χ0n) is 20.9.